The number of anilines is 1. The molecule has 0 aliphatic carbocycles. The first-order valence-corrected chi connectivity index (χ1v) is 11.4. The smallest absolute Gasteiger partial charge is 0.233 e. The number of benzene rings is 2. The van der Waals surface area contributed by atoms with Crippen molar-refractivity contribution in [1.82, 2.24) is 19.7 Å². The van der Waals surface area contributed by atoms with Crippen molar-refractivity contribution in [3.63, 3.8) is 0 Å². The van der Waals surface area contributed by atoms with E-state index in [4.69, 9.17) is 4.74 Å². The summed E-state index contributed by atoms with van der Waals surface area (Å²) in [5, 5.41) is 8.92. The van der Waals surface area contributed by atoms with Gasteiger partial charge in [-0.1, -0.05) is 30.0 Å². The molecule has 4 rings (SSSR count). The number of thioether (sulfide) groups is 1. The number of amides is 1. The number of carbonyl (C=O) groups is 1. The molecule has 0 saturated carbocycles. The van der Waals surface area contributed by atoms with Gasteiger partial charge in [-0.3, -0.25) is 9.36 Å². The molecule has 1 saturated heterocycles. The molecule has 0 bridgehead atoms. The summed E-state index contributed by atoms with van der Waals surface area (Å²) in [6.07, 6.45) is 3.77. The van der Waals surface area contributed by atoms with Crippen LogP contribution in [0.25, 0.3) is 5.69 Å². The third-order valence-corrected chi connectivity index (χ3v) is 6.58. The van der Waals surface area contributed by atoms with Crippen LogP contribution < -0.4 is 9.64 Å². The summed E-state index contributed by atoms with van der Waals surface area (Å²) in [6, 6.07) is 18.3. The van der Waals surface area contributed by atoms with Gasteiger partial charge in [0.1, 0.15) is 12.1 Å². The van der Waals surface area contributed by atoms with Crippen molar-refractivity contribution < 1.29 is 9.53 Å². The number of carbonyl (C=O) groups excluding carboxylic acids is 1. The molecule has 1 amide bonds. The second kappa shape index (κ2) is 9.87. The highest BCUT2D eigenvalue weighted by molar-refractivity contribution is 7.99. The molecule has 3 aromatic rings. The number of hydrogen-bond donors (Lipinski definition) is 0. The molecule has 1 aromatic heterocycles. The Kier molecular flexibility index (Phi) is 6.76. The molecule has 1 fully saturated rings. The molecular formula is C23H27N5O2S. The van der Waals surface area contributed by atoms with Gasteiger partial charge in [-0.2, -0.15) is 0 Å². The number of piperidine rings is 1. The Labute approximate surface area is 187 Å². The first kappa shape index (κ1) is 21.2. The lowest BCUT2D eigenvalue weighted by Crippen LogP contribution is -2.49. The van der Waals surface area contributed by atoms with E-state index in [-0.39, 0.29) is 11.9 Å². The lowest BCUT2D eigenvalue weighted by molar-refractivity contribution is -0.129. The third kappa shape index (κ3) is 5.02. The van der Waals surface area contributed by atoms with Gasteiger partial charge in [0.2, 0.25) is 5.91 Å². The van der Waals surface area contributed by atoms with Gasteiger partial charge in [-0.05, 0) is 49.2 Å². The van der Waals surface area contributed by atoms with E-state index >= 15 is 0 Å². The number of para-hydroxylation sites is 1. The van der Waals surface area contributed by atoms with E-state index in [1.54, 1.807) is 13.4 Å². The molecule has 0 spiro atoms. The maximum absolute atomic E-state index is 12.9. The number of rotatable bonds is 7. The predicted molar refractivity (Wildman–Crippen MR) is 123 cm³/mol. The summed E-state index contributed by atoms with van der Waals surface area (Å²) >= 11 is 1.41. The quantitative estimate of drug-likeness (QED) is 0.527. The SMILES string of the molecule is COc1ccc(-n2cnnc2SCC(=O)N(C)C2CCCN(c3ccccc3)C2)cc1. The van der Waals surface area contributed by atoms with E-state index in [9.17, 15) is 4.79 Å². The second-order valence-electron chi connectivity index (χ2n) is 7.55. The first-order valence-electron chi connectivity index (χ1n) is 10.4. The molecule has 7 nitrogen and oxygen atoms in total. The third-order valence-electron chi connectivity index (χ3n) is 5.65. The molecule has 1 aliphatic rings. The zero-order valence-corrected chi connectivity index (χ0v) is 18.7. The van der Waals surface area contributed by atoms with Crippen molar-refractivity contribution in [3.8, 4) is 11.4 Å². The molecule has 31 heavy (non-hydrogen) atoms. The monoisotopic (exact) mass is 437 g/mol. The minimum absolute atomic E-state index is 0.106. The highest BCUT2D eigenvalue weighted by Gasteiger charge is 2.26. The van der Waals surface area contributed by atoms with Gasteiger partial charge in [0.05, 0.1) is 12.9 Å². The topological polar surface area (TPSA) is 63.5 Å². The first-order chi connectivity index (χ1) is 15.2. The zero-order chi connectivity index (χ0) is 21.6. The average molecular weight is 438 g/mol. The molecule has 0 N–H and O–H groups in total. The summed E-state index contributed by atoms with van der Waals surface area (Å²) in [5.41, 5.74) is 2.15. The Hall–Kier alpha value is -3.00. The van der Waals surface area contributed by atoms with Crippen LogP contribution in [-0.2, 0) is 4.79 Å². The second-order valence-corrected chi connectivity index (χ2v) is 8.49. The average Bonchev–Trinajstić information content (AvgIpc) is 3.31. The van der Waals surface area contributed by atoms with Gasteiger partial charge in [-0.25, -0.2) is 0 Å². The van der Waals surface area contributed by atoms with E-state index in [2.05, 4.69) is 39.4 Å². The Morgan fingerprint density at radius 3 is 2.68 bits per heavy atom. The van der Waals surface area contributed by atoms with Crippen LogP contribution in [0, 0.1) is 0 Å². The standard InChI is InChI=1S/C23H27N5O2S/c1-26(20-9-6-14-27(15-20)18-7-4-3-5-8-18)22(29)16-31-23-25-24-17-28(23)19-10-12-21(30-2)13-11-19/h3-5,7-8,10-13,17,20H,6,9,14-16H2,1-2H3. The molecule has 162 valence electrons. The van der Waals surface area contributed by atoms with Crippen molar-refractivity contribution in [2.75, 3.05) is 37.9 Å². The summed E-state index contributed by atoms with van der Waals surface area (Å²) in [6.45, 7) is 1.89. The van der Waals surface area contributed by atoms with Crippen LogP contribution in [0.4, 0.5) is 5.69 Å². The summed E-state index contributed by atoms with van der Waals surface area (Å²) in [5.74, 6) is 1.22. The molecule has 2 aromatic carbocycles. The zero-order valence-electron chi connectivity index (χ0n) is 17.8. The molecule has 1 atom stereocenters. The van der Waals surface area contributed by atoms with Gasteiger partial charge >= 0.3 is 0 Å². The Balaban J connectivity index is 1.36. The number of nitrogens with zero attached hydrogens (tertiary/aromatic N) is 5. The van der Waals surface area contributed by atoms with E-state index < -0.39 is 0 Å². The number of aromatic nitrogens is 3. The van der Waals surface area contributed by atoms with Gasteiger partial charge in [0.15, 0.2) is 5.16 Å². The molecule has 1 unspecified atom stereocenters. The Morgan fingerprint density at radius 1 is 1.16 bits per heavy atom. The molecule has 8 heteroatoms. The Bertz CT molecular complexity index is 993. The maximum atomic E-state index is 12.9. The van der Waals surface area contributed by atoms with E-state index in [0.29, 0.717) is 10.9 Å². The van der Waals surface area contributed by atoms with Gasteiger partial charge < -0.3 is 14.5 Å². The fourth-order valence-electron chi connectivity index (χ4n) is 3.82. The number of methoxy groups -OCH3 is 1. The number of likely N-dealkylation sites (N-methyl/N-ethyl adjacent to an activating group) is 1. The summed E-state index contributed by atoms with van der Waals surface area (Å²) < 4.78 is 7.10. The van der Waals surface area contributed by atoms with E-state index in [1.807, 2.05) is 46.8 Å². The van der Waals surface area contributed by atoms with Gasteiger partial charge in [0, 0.05) is 37.6 Å². The van der Waals surface area contributed by atoms with Crippen LogP contribution >= 0.6 is 11.8 Å². The Morgan fingerprint density at radius 2 is 1.94 bits per heavy atom. The van der Waals surface area contributed by atoms with Crippen molar-refractivity contribution in [2.24, 2.45) is 0 Å². The molecule has 0 radical (unpaired) electrons. The van der Waals surface area contributed by atoms with Crippen molar-refractivity contribution in [2.45, 2.75) is 24.0 Å². The molecule has 2 heterocycles. The van der Waals surface area contributed by atoms with Crippen molar-refractivity contribution in [3.05, 3.63) is 60.9 Å². The minimum atomic E-state index is 0.106. The van der Waals surface area contributed by atoms with Crippen LogP contribution in [0.1, 0.15) is 12.8 Å². The van der Waals surface area contributed by atoms with E-state index in [0.717, 1.165) is 37.4 Å². The van der Waals surface area contributed by atoms with Crippen LogP contribution in [0.3, 0.4) is 0 Å². The lowest BCUT2D eigenvalue weighted by atomic mass is 10.0. The largest absolute Gasteiger partial charge is 0.497 e. The summed E-state index contributed by atoms with van der Waals surface area (Å²) in [7, 11) is 3.55. The van der Waals surface area contributed by atoms with Gasteiger partial charge in [0.25, 0.3) is 0 Å². The van der Waals surface area contributed by atoms with Crippen LogP contribution in [0.15, 0.2) is 66.1 Å². The van der Waals surface area contributed by atoms with Crippen LogP contribution in [0.5, 0.6) is 5.75 Å². The highest BCUT2D eigenvalue weighted by Crippen LogP contribution is 2.24. The maximum Gasteiger partial charge on any atom is 0.233 e. The fourth-order valence-corrected chi connectivity index (χ4v) is 4.67. The normalized spacial score (nSPS) is 16.2. The molecular weight excluding hydrogens is 410 g/mol. The number of ether oxygens (including phenoxy) is 1. The lowest BCUT2D eigenvalue weighted by Gasteiger charge is -2.38. The van der Waals surface area contributed by atoms with Crippen LogP contribution in [-0.4, -0.2) is 64.6 Å². The van der Waals surface area contributed by atoms with Crippen molar-refractivity contribution >= 4 is 23.4 Å². The highest BCUT2D eigenvalue weighted by atomic mass is 32.2. The predicted octanol–water partition coefficient (Wildman–Crippen LogP) is 3.50. The minimum Gasteiger partial charge on any atom is -0.497 e. The number of hydrogen-bond acceptors (Lipinski definition) is 6. The fraction of sp³-hybridized carbons (Fsp3) is 0.348. The molecule has 1 aliphatic heterocycles. The van der Waals surface area contributed by atoms with Crippen LogP contribution in [0.2, 0.25) is 0 Å². The van der Waals surface area contributed by atoms with Gasteiger partial charge in [-0.15, -0.1) is 10.2 Å². The van der Waals surface area contributed by atoms with Crippen molar-refractivity contribution in [1.29, 1.82) is 0 Å². The summed E-state index contributed by atoms with van der Waals surface area (Å²) in [4.78, 5) is 17.2. The van der Waals surface area contributed by atoms with E-state index in [1.165, 1.54) is 17.4 Å².